The van der Waals surface area contributed by atoms with Gasteiger partial charge in [0.2, 0.25) is 5.95 Å². The lowest BCUT2D eigenvalue weighted by atomic mass is 10.2. The van der Waals surface area contributed by atoms with Crippen molar-refractivity contribution in [3.05, 3.63) is 57.3 Å². The summed E-state index contributed by atoms with van der Waals surface area (Å²) < 4.78 is 0. The summed E-state index contributed by atoms with van der Waals surface area (Å²) in [5.74, 6) is 0.0960. The maximum atomic E-state index is 12.4. The quantitative estimate of drug-likeness (QED) is 0.703. The number of nitrogens with zero attached hydrogens (tertiary/aromatic N) is 3. The number of hydrogen-bond donors (Lipinski definition) is 2. The van der Waals surface area contributed by atoms with Crippen molar-refractivity contribution in [3.63, 3.8) is 0 Å². The van der Waals surface area contributed by atoms with E-state index in [1.807, 2.05) is 13.8 Å². The minimum absolute atomic E-state index is 0.307. The van der Waals surface area contributed by atoms with E-state index in [2.05, 4.69) is 25.6 Å². The summed E-state index contributed by atoms with van der Waals surface area (Å²) in [5, 5.41) is 7.03. The minimum atomic E-state index is -0.307. The van der Waals surface area contributed by atoms with Gasteiger partial charge in [0.1, 0.15) is 0 Å². The zero-order chi connectivity index (χ0) is 18.0. The van der Waals surface area contributed by atoms with Crippen LogP contribution in [0.4, 0.5) is 16.8 Å². The van der Waals surface area contributed by atoms with Crippen molar-refractivity contribution < 1.29 is 4.79 Å². The van der Waals surface area contributed by atoms with Crippen LogP contribution >= 0.6 is 22.9 Å². The molecule has 0 aliphatic carbocycles. The topological polar surface area (TPSA) is 79.8 Å². The first-order valence-electron chi connectivity index (χ1n) is 7.54. The van der Waals surface area contributed by atoms with Crippen LogP contribution in [0.5, 0.6) is 0 Å². The molecule has 1 amide bonds. The third kappa shape index (κ3) is 3.94. The zero-order valence-electron chi connectivity index (χ0n) is 13.9. The number of rotatable bonds is 4. The van der Waals surface area contributed by atoms with Crippen molar-refractivity contribution in [3.8, 4) is 0 Å². The molecule has 1 aromatic carbocycles. The number of hydrogen-bond acceptors (Lipinski definition) is 6. The SMILES string of the molecule is Cc1nc(Nc2nc(C)c(C)s2)ncc1C(=O)Nc1ccccc1Cl. The summed E-state index contributed by atoms with van der Waals surface area (Å²) >= 11 is 7.60. The summed E-state index contributed by atoms with van der Waals surface area (Å²) in [7, 11) is 0. The number of halogens is 1. The average molecular weight is 374 g/mol. The van der Waals surface area contributed by atoms with Gasteiger partial charge in [-0.3, -0.25) is 4.79 Å². The fourth-order valence-electron chi connectivity index (χ4n) is 2.12. The van der Waals surface area contributed by atoms with E-state index in [1.165, 1.54) is 17.5 Å². The van der Waals surface area contributed by atoms with Crippen LogP contribution in [0.2, 0.25) is 5.02 Å². The highest BCUT2D eigenvalue weighted by Crippen LogP contribution is 2.24. The summed E-state index contributed by atoms with van der Waals surface area (Å²) in [5.41, 5.74) is 2.47. The highest BCUT2D eigenvalue weighted by Gasteiger charge is 2.14. The highest BCUT2D eigenvalue weighted by molar-refractivity contribution is 7.15. The van der Waals surface area contributed by atoms with E-state index < -0.39 is 0 Å². The second-order valence-electron chi connectivity index (χ2n) is 5.41. The van der Waals surface area contributed by atoms with Crippen molar-refractivity contribution in [1.29, 1.82) is 0 Å². The minimum Gasteiger partial charge on any atom is -0.321 e. The van der Waals surface area contributed by atoms with Gasteiger partial charge in [-0.15, -0.1) is 11.3 Å². The normalized spacial score (nSPS) is 10.6. The standard InChI is InChI=1S/C17H16ClN5OS/c1-9-11(3)25-17(21-9)23-16-19-8-12(10(2)20-16)15(24)22-14-7-5-4-6-13(14)18/h4-8H,1-3H3,(H,22,24)(H,19,20,21,23). The number of benzene rings is 1. The number of thiazole rings is 1. The molecule has 0 radical (unpaired) electrons. The molecule has 2 N–H and O–H groups in total. The molecule has 0 fully saturated rings. The Morgan fingerprint density at radius 3 is 2.52 bits per heavy atom. The smallest absolute Gasteiger partial charge is 0.259 e. The lowest BCUT2D eigenvalue weighted by Gasteiger charge is -2.09. The van der Waals surface area contributed by atoms with E-state index >= 15 is 0 Å². The molecule has 0 bridgehead atoms. The van der Waals surface area contributed by atoms with Crippen LogP contribution in [-0.2, 0) is 0 Å². The number of carbonyl (C=O) groups is 1. The molecule has 0 atom stereocenters. The maximum absolute atomic E-state index is 12.4. The van der Waals surface area contributed by atoms with E-state index in [0.717, 1.165) is 15.7 Å². The number of anilines is 3. The molecule has 0 saturated carbocycles. The lowest BCUT2D eigenvalue weighted by molar-refractivity contribution is 0.102. The number of carbonyl (C=O) groups excluding carboxylic acids is 1. The Labute approximate surface area is 154 Å². The number of aromatic nitrogens is 3. The van der Waals surface area contributed by atoms with E-state index in [0.29, 0.717) is 27.9 Å². The molecule has 0 spiro atoms. The zero-order valence-corrected chi connectivity index (χ0v) is 15.5. The van der Waals surface area contributed by atoms with Crippen LogP contribution < -0.4 is 10.6 Å². The van der Waals surface area contributed by atoms with E-state index in [-0.39, 0.29) is 5.91 Å². The van der Waals surface area contributed by atoms with Crippen LogP contribution in [0.1, 0.15) is 26.6 Å². The number of nitrogens with one attached hydrogen (secondary N) is 2. The molecule has 2 heterocycles. The third-order valence-corrected chi connectivity index (χ3v) is 4.91. The van der Waals surface area contributed by atoms with E-state index in [1.54, 1.807) is 31.2 Å². The summed E-state index contributed by atoms with van der Waals surface area (Å²) in [6, 6.07) is 7.05. The Morgan fingerprint density at radius 2 is 1.88 bits per heavy atom. The van der Waals surface area contributed by atoms with Crippen LogP contribution in [0.25, 0.3) is 0 Å². The first-order valence-corrected chi connectivity index (χ1v) is 8.74. The second kappa shape index (κ2) is 7.16. The summed E-state index contributed by atoms with van der Waals surface area (Å²) in [4.78, 5) is 26.5. The molecule has 2 aromatic heterocycles. The van der Waals surface area contributed by atoms with Gasteiger partial charge < -0.3 is 10.6 Å². The van der Waals surface area contributed by atoms with Gasteiger partial charge in [-0.1, -0.05) is 23.7 Å². The predicted molar refractivity (Wildman–Crippen MR) is 101 cm³/mol. The molecule has 0 saturated heterocycles. The first kappa shape index (κ1) is 17.3. The molecular formula is C17H16ClN5OS. The van der Waals surface area contributed by atoms with Gasteiger partial charge in [-0.05, 0) is 32.9 Å². The van der Waals surface area contributed by atoms with Crippen molar-refractivity contribution in [2.24, 2.45) is 0 Å². The molecule has 6 nitrogen and oxygen atoms in total. The monoisotopic (exact) mass is 373 g/mol. The lowest BCUT2D eigenvalue weighted by Crippen LogP contribution is -2.15. The Kier molecular flexibility index (Phi) is 4.96. The van der Waals surface area contributed by atoms with Gasteiger partial charge in [0.15, 0.2) is 5.13 Å². The fourth-order valence-corrected chi connectivity index (χ4v) is 3.12. The van der Waals surface area contributed by atoms with Gasteiger partial charge >= 0.3 is 0 Å². The molecule has 3 rings (SSSR count). The predicted octanol–water partition coefficient (Wildman–Crippen LogP) is 4.51. The molecule has 8 heteroatoms. The molecule has 128 valence electrons. The van der Waals surface area contributed by atoms with Gasteiger partial charge in [-0.25, -0.2) is 15.0 Å². The molecule has 0 aliphatic rings. The highest BCUT2D eigenvalue weighted by atomic mass is 35.5. The number of amides is 1. The second-order valence-corrected chi connectivity index (χ2v) is 7.02. The van der Waals surface area contributed by atoms with Crippen molar-refractivity contribution in [2.75, 3.05) is 10.6 Å². The van der Waals surface area contributed by atoms with Crippen LogP contribution in [0.3, 0.4) is 0 Å². The molecule has 25 heavy (non-hydrogen) atoms. The van der Waals surface area contributed by atoms with Crippen LogP contribution in [0.15, 0.2) is 30.5 Å². The third-order valence-electron chi connectivity index (χ3n) is 3.59. The Bertz CT molecular complexity index is 921. The van der Waals surface area contributed by atoms with Gasteiger partial charge in [0.05, 0.1) is 27.7 Å². The summed E-state index contributed by atoms with van der Waals surface area (Å²) in [6.07, 6.45) is 1.49. The Morgan fingerprint density at radius 1 is 1.12 bits per heavy atom. The van der Waals surface area contributed by atoms with E-state index in [9.17, 15) is 4.79 Å². The number of para-hydroxylation sites is 1. The summed E-state index contributed by atoms with van der Waals surface area (Å²) in [6.45, 7) is 5.71. The fraction of sp³-hybridized carbons (Fsp3) is 0.176. The molecular weight excluding hydrogens is 358 g/mol. The Hall–Kier alpha value is -2.51. The van der Waals surface area contributed by atoms with E-state index in [4.69, 9.17) is 11.6 Å². The van der Waals surface area contributed by atoms with Crippen molar-refractivity contribution >= 4 is 45.6 Å². The maximum Gasteiger partial charge on any atom is 0.259 e. The molecule has 0 aliphatic heterocycles. The first-order chi connectivity index (χ1) is 11.9. The average Bonchev–Trinajstić information content (AvgIpc) is 2.87. The van der Waals surface area contributed by atoms with Gasteiger partial charge in [0, 0.05) is 11.1 Å². The number of aryl methyl sites for hydroxylation is 3. The van der Waals surface area contributed by atoms with Gasteiger partial charge in [-0.2, -0.15) is 0 Å². The molecule has 3 aromatic rings. The largest absolute Gasteiger partial charge is 0.321 e. The Balaban J connectivity index is 1.77. The van der Waals surface area contributed by atoms with Crippen molar-refractivity contribution in [1.82, 2.24) is 15.0 Å². The van der Waals surface area contributed by atoms with Crippen molar-refractivity contribution in [2.45, 2.75) is 20.8 Å². The molecule has 0 unspecified atom stereocenters. The van der Waals surface area contributed by atoms with Crippen LogP contribution in [-0.4, -0.2) is 20.9 Å². The van der Waals surface area contributed by atoms with Gasteiger partial charge in [0.25, 0.3) is 5.91 Å². The van der Waals surface area contributed by atoms with Crippen LogP contribution in [0, 0.1) is 20.8 Å².